The molecular weight excluding hydrogens is 319 g/mol. The minimum atomic E-state index is -0.445. The summed E-state index contributed by atoms with van der Waals surface area (Å²) in [7, 11) is 0. The van der Waals surface area contributed by atoms with Crippen molar-refractivity contribution in [3.8, 4) is 0 Å². The van der Waals surface area contributed by atoms with Gasteiger partial charge in [-0.3, -0.25) is 4.79 Å². The summed E-state index contributed by atoms with van der Waals surface area (Å²) in [5, 5.41) is 4.26. The van der Waals surface area contributed by atoms with E-state index in [2.05, 4.69) is 5.16 Å². The number of hydrogen-bond acceptors (Lipinski definition) is 3. The Morgan fingerprint density at radius 3 is 2.91 bits per heavy atom. The van der Waals surface area contributed by atoms with Crippen LogP contribution in [0.5, 0.6) is 0 Å². The molecule has 2 heterocycles. The van der Waals surface area contributed by atoms with Crippen LogP contribution < -0.4 is 0 Å². The van der Waals surface area contributed by atoms with Crippen molar-refractivity contribution in [3.05, 3.63) is 51.6 Å². The van der Waals surface area contributed by atoms with Gasteiger partial charge >= 0.3 is 0 Å². The molecule has 1 fully saturated rings. The lowest BCUT2D eigenvalue weighted by molar-refractivity contribution is -0.131. The highest BCUT2D eigenvalue weighted by molar-refractivity contribution is 6.31. The summed E-state index contributed by atoms with van der Waals surface area (Å²) in [5.74, 6) is 0.162. The molecule has 1 aromatic heterocycles. The van der Waals surface area contributed by atoms with Gasteiger partial charge in [-0.2, -0.15) is 0 Å². The molecule has 122 valence electrons. The SMILES string of the molecule is Cc1noc(C)c1[C@@H]1CCCN1C(=O)Cc1c(F)cccc1Cl. The number of amides is 1. The van der Waals surface area contributed by atoms with E-state index in [0.717, 1.165) is 29.9 Å². The fourth-order valence-corrected chi connectivity index (χ4v) is 3.51. The van der Waals surface area contributed by atoms with Crippen molar-refractivity contribution < 1.29 is 13.7 Å². The van der Waals surface area contributed by atoms with Gasteiger partial charge in [-0.1, -0.05) is 22.8 Å². The van der Waals surface area contributed by atoms with Gasteiger partial charge in [0.25, 0.3) is 0 Å². The fourth-order valence-electron chi connectivity index (χ4n) is 3.29. The second-order valence-corrected chi connectivity index (χ2v) is 6.27. The Hall–Kier alpha value is -1.88. The number of carbonyl (C=O) groups excluding carboxylic acids is 1. The molecule has 6 heteroatoms. The van der Waals surface area contributed by atoms with Gasteiger partial charge in [0.2, 0.25) is 5.91 Å². The number of aromatic nitrogens is 1. The highest BCUT2D eigenvalue weighted by Gasteiger charge is 2.34. The Kier molecular flexibility index (Phi) is 4.39. The summed E-state index contributed by atoms with van der Waals surface area (Å²) in [6, 6.07) is 4.40. The van der Waals surface area contributed by atoms with Crippen LogP contribution in [0, 0.1) is 19.7 Å². The third-order valence-corrected chi connectivity index (χ3v) is 4.74. The summed E-state index contributed by atoms with van der Waals surface area (Å²) >= 11 is 6.03. The molecule has 0 bridgehead atoms. The number of aryl methyl sites for hydroxylation is 2. The summed E-state index contributed by atoms with van der Waals surface area (Å²) in [6.45, 7) is 4.38. The first-order valence-corrected chi connectivity index (χ1v) is 8.02. The zero-order valence-electron chi connectivity index (χ0n) is 13.1. The molecule has 0 radical (unpaired) electrons. The van der Waals surface area contributed by atoms with Gasteiger partial charge in [0.1, 0.15) is 11.6 Å². The lowest BCUT2D eigenvalue weighted by atomic mass is 10.0. The smallest absolute Gasteiger partial charge is 0.227 e. The quantitative estimate of drug-likeness (QED) is 0.851. The number of benzene rings is 1. The maximum atomic E-state index is 13.9. The van der Waals surface area contributed by atoms with E-state index < -0.39 is 5.82 Å². The van der Waals surface area contributed by atoms with Gasteiger partial charge in [-0.25, -0.2) is 4.39 Å². The molecule has 0 spiro atoms. The van der Waals surface area contributed by atoms with Gasteiger partial charge < -0.3 is 9.42 Å². The van der Waals surface area contributed by atoms with Gasteiger partial charge in [0.15, 0.2) is 0 Å². The van der Waals surface area contributed by atoms with Crippen LogP contribution in [0.2, 0.25) is 5.02 Å². The molecule has 1 aliphatic rings. The van der Waals surface area contributed by atoms with Crippen LogP contribution in [-0.4, -0.2) is 22.5 Å². The van der Waals surface area contributed by atoms with Crippen molar-refractivity contribution >= 4 is 17.5 Å². The normalized spacial score (nSPS) is 17.7. The number of likely N-dealkylation sites (tertiary alicyclic amines) is 1. The maximum absolute atomic E-state index is 13.9. The Morgan fingerprint density at radius 1 is 1.48 bits per heavy atom. The van der Waals surface area contributed by atoms with E-state index in [9.17, 15) is 9.18 Å². The van der Waals surface area contributed by atoms with Crippen LogP contribution in [0.25, 0.3) is 0 Å². The van der Waals surface area contributed by atoms with Crippen molar-refractivity contribution in [3.63, 3.8) is 0 Å². The van der Waals surface area contributed by atoms with Crippen molar-refractivity contribution in [1.82, 2.24) is 10.1 Å². The van der Waals surface area contributed by atoms with Crippen LogP contribution in [0.3, 0.4) is 0 Å². The molecule has 0 aliphatic carbocycles. The minimum Gasteiger partial charge on any atom is -0.361 e. The third-order valence-electron chi connectivity index (χ3n) is 4.38. The highest BCUT2D eigenvalue weighted by Crippen LogP contribution is 2.36. The summed E-state index contributed by atoms with van der Waals surface area (Å²) in [5.41, 5.74) is 2.02. The van der Waals surface area contributed by atoms with Crippen LogP contribution in [0.1, 0.15) is 41.5 Å². The number of carbonyl (C=O) groups is 1. The lowest BCUT2D eigenvalue weighted by Gasteiger charge is -2.25. The molecule has 1 aromatic carbocycles. The molecule has 2 aromatic rings. The molecule has 0 unspecified atom stereocenters. The summed E-state index contributed by atoms with van der Waals surface area (Å²) in [4.78, 5) is 14.5. The lowest BCUT2D eigenvalue weighted by Crippen LogP contribution is -2.32. The van der Waals surface area contributed by atoms with Crippen molar-refractivity contribution in [2.45, 2.75) is 39.2 Å². The maximum Gasteiger partial charge on any atom is 0.227 e. The van der Waals surface area contributed by atoms with E-state index in [1.807, 2.05) is 13.8 Å². The largest absolute Gasteiger partial charge is 0.361 e. The van der Waals surface area contributed by atoms with Crippen LogP contribution >= 0.6 is 11.6 Å². The van der Waals surface area contributed by atoms with Crippen LogP contribution in [0.15, 0.2) is 22.7 Å². The average Bonchev–Trinajstić information content (AvgIpc) is 3.09. The standard InChI is InChI=1S/C17H18ClFN2O2/c1-10-17(11(2)23-20-10)15-7-4-8-21(15)16(22)9-12-13(18)5-3-6-14(12)19/h3,5-6,15H,4,7-9H2,1-2H3/t15-/m0/s1. The number of rotatable bonds is 3. The molecule has 1 amide bonds. The van der Waals surface area contributed by atoms with Crippen LogP contribution in [-0.2, 0) is 11.2 Å². The zero-order valence-corrected chi connectivity index (χ0v) is 13.9. The Labute approximate surface area is 139 Å². The molecule has 23 heavy (non-hydrogen) atoms. The molecule has 4 nitrogen and oxygen atoms in total. The molecule has 1 aliphatic heterocycles. The number of nitrogens with zero attached hydrogens (tertiary/aromatic N) is 2. The molecule has 0 N–H and O–H groups in total. The Morgan fingerprint density at radius 2 is 2.26 bits per heavy atom. The van der Waals surface area contributed by atoms with Gasteiger partial charge in [-0.15, -0.1) is 0 Å². The Balaban J connectivity index is 1.84. The van der Waals surface area contributed by atoms with E-state index in [1.165, 1.54) is 12.1 Å². The molecule has 1 saturated heterocycles. The van der Waals surface area contributed by atoms with Crippen molar-refractivity contribution in [1.29, 1.82) is 0 Å². The van der Waals surface area contributed by atoms with Gasteiger partial charge in [0.05, 0.1) is 18.2 Å². The number of halogens is 2. The fraction of sp³-hybridized carbons (Fsp3) is 0.412. The first kappa shape index (κ1) is 16.0. The first-order chi connectivity index (χ1) is 11.0. The topological polar surface area (TPSA) is 46.3 Å². The minimum absolute atomic E-state index is 0.0363. The van der Waals surface area contributed by atoms with Crippen molar-refractivity contribution in [2.75, 3.05) is 6.54 Å². The predicted octanol–water partition coefficient (Wildman–Crippen LogP) is 3.99. The Bertz CT molecular complexity index is 704. The van der Waals surface area contributed by atoms with Gasteiger partial charge in [0, 0.05) is 22.7 Å². The molecular formula is C17H18ClFN2O2. The average molecular weight is 337 g/mol. The van der Waals surface area contributed by atoms with E-state index >= 15 is 0 Å². The molecule has 0 saturated carbocycles. The van der Waals surface area contributed by atoms with Crippen LogP contribution in [0.4, 0.5) is 4.39 Å². The van der Waals surface area contributed by atoms with Crippen molar-refractivity contribution in [2.24, 2.45) is 0 Å². The summed E-state index contributed by atoms with van der Waals surface area (Å²) in [6.07, 6.45) is 1.73. The second kappa shape index (κ2) is 6.32. The monoisotopic (exact) mass is 336 g/mol. The molecule has 1 atom stereocenters. The summed E-state index contributed by atoms with van der Waals surface area (Å²) < 4.78 is 19.1. The van der Waals surface area contributed by atoms with E-state index in [0.29, 0.717) is 6.54 Å². The first-order valence-electron chi connectivity index (χ1n) is 7.64. The highest BCUT2D eigenvalue weighted by atomic mass is 35.5. The molecule has 3 rings (SSSR count). The van der Waals surface area contributed by atoms with E-state index in [1.54, 1.807) is 11.0 Å². The third kappa shape index (κ3) is 2.98. The zero-order chi connectivity index (χ0) is 16.6. The van der Waals surface area contributed by atoms with E-state index in [-0.39, 0.29) is 29.0 Å². The number of hydrogen-bond donors (Lipinski definition) is 0. The second-order valence-electron chi connectivity index (χ2n) is 5.86. The van der Waals surface area contributed by atoms with E-state index in [4.69, 9.17) is 16.1 Å². The van der Waals surface area contributed by atoms with Gasteiger partial charge in [-0.05, 0) is 38.8 Å². The predicted molar refractivity (Wildman–Crippen MR) is 84.8 cm³/mol.